The Balaban J connectivity index is 1.57. The van der Waals surface area contributed by atoms with Crippen molar-refractivity contribution in [3.8, 4) is 11.8 Å². The molecular weight excluding hydrogens is 529 g/mol. The fourth-order valence-corrected chi connectivity index (χ4v) is 5.50. The maximum absolute atomic E-state index is 13.8. The van der Waals surface area contributed by atoms with Gasteiger partial charge in [-0.2, -0.15) is 5.26 Å². The first-order valence-electron chi connectivity index (χ1n) is 12.6. The minimum Gasteiger partial charge on any atom is -0.488 e. The number of carbonyl (C=O) groups is 1. The van der Waals surface area contributed by atoms with Crippen molar-refractivity contribution in [2.24, 2.45) is 4.99 Å². The van der Waals surface area contributed by atoms with Gasteiger partial charge >= 0.3 is 5.97 Å². The predicted octanol–water partition coefficient (Wildman–Crippen LogP) is 4.39. The Morgan fingerprint density at radius 1 is 1.12 bits per heavy atom. The number of nitriles is 1. The van der Waals surface area contributed by atoms with Crippen LogP contribution in [0.5, 0.6) is 5.75 Å². The largest absolute Gasteiger partial charge is 0.488 e. The van der Waals surface area contributed by atoms with Crippen LogP contribution in [-0.4, -0.2) is 17.1 Å². The van der Waals surface area contributed by atoms with Gasteiger partial charge in [-0.3, -0.25) is 9.36 Å². The number of carbonyl (C=O) groups excluding carboxylic acids is 1. The molecule has 0 N–H and O–H groups in total. The Bertz CT molecular complexity index is 1830. The van der Waals surface area contributed by atoms with E-state index in [0.717, 1.165) is 5.56 Å². The fraction of sp³-hybridized carbons (Fsp3) is 0.161. The second-order valence-electron chi connectivity index (χ2n) is 8.99. The number of thiazole rings is 1. The van der Waals surface area contributed by atoms with Crippen molar-refractivity contribution >= 4 is 23.4 Å². The molecule has 0 bridgehead atoms. The summed E-state index contributed by atoms with van der Waals surface area (Å²) in [6, 6.07) is 21.5. The van der Waals surface area contributed by atoms with Crippen molar-refractivity contribution in [2.75, 3.05) is 6.61 Å². The van der Waals surface area contributed by atoms with Crippen LogP contribution in [0, 0.1) is 17.1 Å². The summed E-state index contributed by atoms with van der Waals surface area (Å²) in [6.45, 7) is 3.85. The lowest BCUT2D eigenvalue weighted by Crippen LogP contribution is -2.39. The van der Waals surface area contributed by atoms with Gasteiger partial charge in [-0.25, -0.2) is 14.2 Å². The van der Waals surface area contributed by atoms with Gasteiger partial charge in [0.25, 0.3) is 5.56 Å². The lowest BCUT2D eigenvalue weighted by Gasteiger charge is -2.24. The van der Waals surface area contributed by atoms with Gasteiger partial charge < -0.3 is 9.47 Å². The molecule has 0 saturated carbocycles. The molecular formula is C31H24FN3O4S. The van der Waals surface area contributed by atoms with Crippen molar-refractivity contribution in [2.45, 2.75) is 26.5 Å². The lowest BCUT2D eigenvalue weighted by molar-refractivity contribution is -0.139. The Hall–Kier alpha value is -4.81. The van der Waals surface area contributed by atoms with E-state index in [4.69, 9.17) is 14.7 Å². The Morgan fingerprint density at radius 3 is 2.55 bits per heavy atom. The van der Waals surface area contributed by atoms with E-state index in [1.807, 2.05) is 36.4 Å². The van der Waals surface area contributed by atoms with Crippen molar-refractivity contribution in [1.82, 2.24) is 4.57 Å². The molecule has 9 heteroatoms. The number of benzene rings is 3. The number of hydrogen-bond acceptors (Lipinski definition) is 7. The summed E-state index contributed by atoms with van der Waals surface area (Å²) in [5, 5.41) is 9.01. The summed E-state index contributed by atoms with van der Waals surface area (Å²) in [5.74, 6) is -0.419. The zero-order chi connectivity index (χ0) is 28.2. The molecule has 1 aliphatic heterocycles. The van der Waals surface area contributed by atoms with Crippen LogP contribution in [0.2, 0.25) is 0 Å². The lowest BCUT2D eigenvalue weighted by atomic mass is 9.96. The average molecular weight is 554 g/mol. The number of para-hydroxylation sites is 1. The third kappa shape index (κ3) is 5.35. The molecule has 0 spiro atoms. The van der Waals surface area contributed by atoms with Crippen LogP contribution in [0.25, 0.3) is 6.08 Å². The number of ether oxygens (including phenoxy) is 2. The van der Waals surface area contributed by atoms with Gasteiger partial charge in [-0.15, -0.1) is 0 Å². The highest BCUT2D eigenvalue weighted by atomic mass is 32.1. The fourth-order valence-electron chi connectivity index (χ4n) is 4.46. The number of halogens is 1. The van der Waals surface area contributed by atoms with E-state index >= 15 is 0 Å². The SMILES string of the molecule is CCOC(=O)C1=C(C)N=c2s/c(=C\c3ccccc3OCc3ccc(C#N)cc3)c(=O)n2[C@@H]1c1ccc(F)cc1. The van der Waals surface area contributed by atoms with Gasteiger partial charge in [0.2, 0.25) is 0 Å². The number of hydrogen-bond donors (Lipinski definition) is 0. The first-order valence-corrected chi connectivity index (χ1v) is 13.4. The molecule has 0 saturated heterocycles. The van der Waals surface area contributed by atoms with Gasteiger partial charge in [-0.05, 0) is 61.4 Å². The average Bonchev–Trinajstić information content (AvgIpc) is 3.26. The van der Waals surface area contributed by atoms with Crippen molar-refractivity contribution in [3.05, 3.63) is 132 Å². The molecule has 0 unspecified atom stereocenters. The van der Waals surface area contributed by atoms with E-state index < -0.39 is 17.8 Å². The van der Waals surface area contributed by atoms with Crippen molar-refractivity contribution < 1.29 is 18.7 Å². The number of esters is 1. The monoisotopic (exact) mass is 553 g/mol. The second-order valence-corrected chi connectivity index (χ2v) is 10.00. The van der Waals surface area contributed by atoms with Gasteiger partial charge in [0, 0.05) is 5.56 Å². The van der Waals surface area contributed by atoms with Crippen LogP contribution >= 0.6 is 11.3 Å². The van der Waals surface area contributed by atoms with Gasteiger partial charge in [0.15, 0.2) is 4.80 Å². The summed E-state index contributed by atoms with van der Waals surface area (Å²) in [5.41, 5.74) is 3.06. The van der Waals surface area contributed by atoms with E-state index in [-0.39, 0.29) is 24.3 Å². The van der Waals surface area contributed by atoms with E-state index in [9.17, 15) is 14.0 Å². The Kier molecular flexibility index (Phi) is 7.71. The number of allylic oxidation sites excluding steroid dienone is 1. The van der Waals surface area contributed by atoms with Gasteiger partial charge in [0.1, 0.15) is 18.2 Å². The topological polar surface area (TPSA) is 93.7 Å². The number of nitrogens with zero attached hydrogens (tertiary/aromatic N) is 3. The quantitative estimate of drug-likeness (QED) is 0.317. The van der Waals surface area contributed by atoms with Crippen LogP contribution in [0.3, 0.4) is 0 Å². The van der Waals surface area contributed by atoms with E-state index in [2.05, 4.69) is 11.1 Å². The third-order valence-electron chi connectivity index (χ3n) is 6.39. The molecule has 40 heavy (non-hydrogen) atoms. The van der Waals surface area contributed by atoms with E-state index in [1.165, 1.54) is 28.0 Å². The molecule has 2 heterocycles. The molecule has 1 atom stereocenters. The normalized spacial score (nSPS) is 14.8. The minimum absolute atomic E-state index is 0.162. The molecule has 0 fully saturated rings. The highest BCUT2D eigenvalue weighted by molar-refractivity contribution is 7.07. The third-order valence-corrected chi connectivity index (χ3v) is 7.37. The molecule has 5 rings (SSSR count). The van der Waals surface area contributed by atoms with Gasteiger partial charge in [0.05, 0.1) is 40.1 Å². The van der Waals surface area contributed by atoms with Crippen LogP contribution in [0.15, 0.2) is 93.9 Å². The zero-order valence-corrected chi connectivity index (χ0v) is 22.6. The molecule has 1 aromatic heterocycles. The molecule has 0 aliphatic carbocycles. The number of fused-ring (bicyclic) bond motifs is 1. The van der Waals surface area contributed by atoms with E-state index in [0.29, 0.717) is 37.5 Å². The molecule has 1 aliphatic rings. The Morgan fingerprint density at radius 2 is 1.85 bits per heavy atom. The van der Waals surface area contributed by atoms with Crippen molar-refractivity contribution in [1.29, 1.82) is 5.26 Å². The smallest absolute Gasteiger partial charge is 0.338 e. The number of aromatic nitrogens is 1. The summed E-state index contributed by atoms with van der Waals surface area (Å²) in [6.07, 6.45) is 1.74. The first kappa shape index (κ1) is 26.8. The van der Waals surface area contributed by atoms with Gasteiger partial charge in [-0.1, -0.05) is 53.8 Å². The summed E-state index contributed by atoms with van der Waals surface area (Å²) in [4.78, 5) is 31.8. The van der Waals surface area contributed by atoms with Crippen molar-refractivity contribution in [3.63, 3.8) is 0 Å². The Labute approximate surface area is 233 Å². The predicted molar refractivity (Wildman–Crippen MR) is 149 cm³/mol. The van der Waals surface area contributed by atoms with Crippen LogP contribution < -0.4 is 19.6 Å². The zero-order valence-electron chi connectivity index (χ0n) is 21.8. The van der Waals surface area contributed by atoms with Crippen LogP contribution in [-0.2, 0) is 16.1 Å². The molecule has 0 amide bonds. The van der Waals surface area contributed by atoms with E-state index in [1.54, 1.807) is 44.2 Å². The summed E-state index contributed by atoms with van der Waals surface area (Å²) in [7, 11) is 0. The summed E-state index contributed by atoms with van der Waals surface area (Å²) < 4.78 is 27.0. The second kappa shape index (κ2) is 11.5. The maximum Gasteiger partial charge on any atom is 0.338 e. The molecule has 0 radical (unpaired) electrons. The number of rotatable bonds is 7. The highest BCUT2D eigenvalue weighted by Crippen LogP contribution is 2.31. The van der Waals surface area contributed by atoms with Crippen LogP contribution in [0.4, 0.5) is 4.39 Å². The standard InChI is InChI=1S/C31H24FN3O4S/c1-3-38-30(37)27-19(2)34-31-35(28(27)22-12-14-24(32)15-13-22)29(36)26(40-31)16-23-6-4-5-7-25(23)39-18-21-10-8-20(17-33)9-11-21/h4-16,28H,3,18H2,1-2H3/b26-16-/t28-/m1/s1. The molecule has 4 aromatic rings. The summed E-state index contributed by atoms with van der Waals surface area (Å²) >= 11 is 1.20. The first-order chi connectivity index (χ1) is 19.4. The maximum atomic E-state index is 13.8. The molecule has 3 aromatic carbocycles. The molecule has 200 valence electrons. The van der Waals surface area contributed by atoms with Crippen LogP contribution in [0.1, 0.15) is 42.1 Å². The minimum atomic E-state index is -0.819. The highest BCUT2D eigenvalue weighted by Gasteiger charge is 2.33. The molecule has 7 nitrogen and oxygen atoms in total.